The summed E-state index contributed by atoms with van der Waals surface area (Å²) in [5, 5.41) is 6.89. The maximum Gasteiger partial charge on any atom is 0.416 e. The van der Waals surface area contributed by atoms with Gasteiger partial charge in [0.1, 0.15) is 5.75 Å². The van der Waals surface area contributed by atoms with E-state index in [1.54, 1.807) is 49.6 Å². The zero-order valence-corrected chi connectivity index (χ0v) is 16.8. The van der Waals surface area contributed by atoms with Crippen LogP contribution in [0.15, 0.2) is 72.9 Å². The van der Waals surface area contributed by atoms with Gasteiger partial charge < -0.3 is 15.4 Å². The summed E-state index contributed by atoms with van der Waals surface area (Å²) in [5.41, 5.74) is -0.128. The normalized spacial score (nSPS) is 11.2. The number of fused-ring (bicyclic) bond motifs is 1. The monoisotopic (exact) mass is 438 g/mol. The first kappa shape index (κ1) is 21.1. The summed E-state index contributed by atoms with van der Waals surface area (Å²) >= 11 is 0. The lowest BCUT2D eigenvalue weighted by atomic mass is 10.0. The van der Waals surface area contributed by atoms with Gasteiger partial charge in [-0.25, -0.2) is 4.98 Å². The Morgan fingerprint density at radius 1 is 1.00 bits per heavy atom. The van der Waals surface area contributed by atoms with Crippen LogP contribution in [0, 0.1) is 0 Å². The zero-order chi connectivity index (χ0) is 22.7. The number of alkyl halides is 3. The molecule has 1 heterocycles. The van der Waals surface area contributed by atoms with Crippen LogP contribution >= 0.6 is 0 Å². The van der Waals surface area contributed by atoms with Crippen molar-refractivity contribution in [3.05, 3.63) is 84.1 Å². The summed E-state index contributed by atoms with van der Waals surface area (Å²) in [4.78, 5) is 21.0. The van der Waals surface area contributed by atoms with Gasteiger partial charge in [-0.3, -0.25) is 4.79 Å². The molecular formula is C23H17F3N4O2. The van der Waals surface area contributed by atoms with Crippen molar-refractivity contribution in [1.29, 1.82) is 0 Å². The number of benzene rings is 3. The average Bonchev–Trinajstić information content (AvgIpc) is 2.78. The number of ether oxygens (including phenoxy) is 1. The minimum atomic E-state index is -4.43. The van der Waals surface area contributed by atoms with Crippen LogP contribution in [0.1, 0.15) is 15.9 Å². The van der Waals surface area contributed by atoms with Crippen LogP contribution in [0.25, 0.3) is 10.8 Å². The molecule has 3 aromatic carbocycles. The Labute approximate surface area is 181 Å². The number of halogens is 3. The third-order valence-corrected chi connectivity index (χ3v) is 4.64. The van der Waals surface area contributed by atoms with E-state index in [0.29, 0.717) is 28.5 Å². The van der Waals surface area contributed by atoms with E-state index in [-0.39, 0.29) is 5.69 Å². The molecule has 1 amide bonds. The number of nitrogens with one attached hydrogen (secondary N) is 2. The predicted molar refractivity (Wildman–Crippen MR) is 115 cm³/mol. The molecule has 1 aromatic heterocycles. The third kappa shape index (κ3) is 4.61. The highest BCUT2D eigenvalue weighted by atomic mass is 19.4. The fourth-order valence-electron chi connectivity index (χ4n) is 3.10. The van der Waals surface area contributed by atoms with Gasteiger partial charge in [0.15, 0.2) is 0 Å². The number of nitrogens with zero attached hydrogens (tertiary/aromatic N) is 2. The quantitative estimate of drug-likeness (QED) is 0.416. The van der Waals surface area contributed by atoms with Gasteiger partial charge in [0.05, 0.1) is 5.56 Å². The van der Waals surface area contributed by atoms with Gasteiger partial charge in [0.25, 0.3) is 5.91 Å². The second-order valence-electron chi connectivity index (χ2n) is 6.79. The van der Waals surface area contributed by atoms with Crippen LogP contribution in [0.4, 0.5) is 24.8 Å². The molecule has 4 aromatic rings. The van der Waals surface area contributed by atoms with Crippen molar-refractivity contribution in [3.8, 4) is 11.6 Å². The van der Waals surface area contributed by atoms with Gasteiger partial charge in [-0.15, -0.1) is 0 Å². The standard InChI is InChI=1S/C23H17F3N4O2/c1-27-22-28-12-11-20(30-22)32-17-9-10-18-14(13-17)3-2-4-19(18)21(31)29-16-7-5-15(6-8-16)23(24,25)26/h2-13H,1H3,(H,29,31)(H,27,28,30). The molecule has 32 heavy (non-hydrogen) atoms. The number of anilines is 2. The summed E-state index contributed by atoms with van der Waals surface area (Å²) in [7, 11) is 1.70. The van der Waals surface area contributed by atoms with Gasteiger partial charge in [-0.1, -0.05) is 12.1 Å². The van der Waals surface area contributed by atoms with Gasteiger partial charge in [-0.2, -0.15) is 18.2 Å². The molecule has 4 rings (SSSR count). The molecule has 2 N–H and O–H groups in total. The molecule has 0 unspecified atom stereocenters. The van der Waals surface area contributed by atoms with E-state index in [2.05, 4.69) is 20.6 Å². The van der Waals surface area contributed by atoms with E-state index in [9.17, 15) is 18.0 Å². The minimum absolute atomic E-state index is 0.268. The van der Waals surface area contributed by atoms with E-state index < -0.39 is 17.6 Å². The number of carbonyl (C=O) groups is 1. The molecule has 0 spiro atoms. The van der Waals surface area contributed by atoms with Gasteiger partial charge in [-0.05, 0) is 59.3 Å². The lowest BCUT2D eigenvalue weighted by molar-refractivity contribution is -0.137. The van der Waals surface area contributed by atoms with Gasteiger partial charge in [0, 0.05) is 30.6 Å². The minimum Gasteiger partial charge on any atom is -0.439 e. The van der Waals surface area contributed by atoms with Gasteiger partial charge >= 0.3 is 6.18 Å². The summed E-state index contributed by atoms with van der Waals surface area (Å²) in [6.45, 7) is 0. The molecular weight excluding hydrogens is 421 g/mol. The molecule has 0 aliphatic heterocycles. The molecule has 0 radical (unpaired) electrons. The highest BCUT2D eigenvalue weighted by Crippen LogP contribution is 2.30. The molecule has 0 fully saturated rings. The van der Waals surface area contributed by atoms with Crippen molar-refractivity contribution >= 4 is 28.3 Å². The Bertz CT molecular complexity index is 1270. The molecule has 9 heteroatoms. The van der Waals surface area contributed by atoms with Crippen molar-refractivity contribution in [1.82, 2.24) is 9.97 Å². The number of amides is 1. The van der Waals surface area contributed by atoms with E-state index in [1.807, 2.05) is 6.07 Å². The van der Waals surface area contributed by atoms with Crippen molar-refractivity contribution in [2.75, 3.05) is 17.7 Å². The maximum atomic E-state index is 12.8. The highest BCUT2D eigenvalue weighted by Gasteiger charge is 2.30. The summed E-state index contributed by atoms with van der Waals surface area (Å²) in [6, 6.07) is 16.3. The summed E-state index contributed by atoms with van der Waals surface area (Å²) in [6.07, 6.45) is -2.86. The van der Waals surface area contributed by atoms with Crippen molar-refractivity contribution in [2.24, 2.45) is 0 Å². The Hall–Kier alpha value is -4.14. The van der Waals surface area contributed by atoms with Crippen LogP contribution in [0.3, 0.4) is 0 Å². The second-order valence-corrected chi connectivity index (χ2v) is 6.79. The largest absolute Gasteiger partial charge is 0.439 e. The van der Waals surface area contributed by atoms with Crippen LogP contribution < -0.4 is 15.4 Å². The van der Waals surface area contributed by atoms with Crippen LogP contribution in [-0.2, 0) is 6.18 Å². The van der Waals surface area contributed by atoms with Crippen LogP contribution in [0.2, 0.25) is 0 Å². The molecule has 0 aliphatic rings. The smallest absolute Gasteiger partial charge is 0.416 e. The van der Waals surface area contributed by atoms with Crippen molar-refractivity contribution < 1.29 is 22.7 Å². The molecule has 0 bridgehead atoms. The number of hydrogen-bond acceptors (Lipinski definition) is 5. The zero-order valence-electron chi connectivity index (χ0n) is 16.8. The van der Waals surface area contributed by atoms with E-state index in [0.717, 1.165) is 17.5 Å². The topological polar surface area (TPSA) is 76.1 Å². The Kier molecular flexibility index (Phi) is 5.63. The first-order valence-electron chi connectivity index (χ1n) is 9.53. The summed E-state index contributed by atoms with van der Waals surface area (Å²) in [5.74, 6) is 0.877. The molecule has 0 saturated heterocycles. The van der Waals surface area contributed by atoms with Crippen LogP contribution in [-0.4, -0.2) is 22.9 Å². The van der Waals surface area contributed by atoms with Crippen LogP contribution in [0.5, 0.6) is 11.6 Å². The van der Waals surface area contributed by atoms with Crippen molar-refractivity contribution in [3.63, 3.8) is 0 Å². The number of carbonyl (C=O) groups excluding carboxylic acids is 1. The second kappa shape index (κ2) is 8.54. The first-order chi connectivity index (χ1) is 15.3. The molecule has 162 valence electrons. The average molecular weight is 438 g/mol. The lowest BCUT2D eigenvalue weighted by Crippen LogP contribution is -2.13. The van der Waals surface area contributed by atoms with E-state index in [1.165, 1.54) is 12.1 Å². The fraction of sp³-hybridized carbons (Fsp3) is 0.0870. The summed E-state index contributed by atoms with van der Waals surface area (Å²) < 4.78 is 43.9. The molecule has 0 atom stereocenters. The fourth-order valence-corrected chi connectivity index (χ4v) is 3.10. The van der Waals surface area contributed by atoms with E-state index in [4.69, 9.17) is 4.74 Å². The highest BCUT2D eigenvalue weighted by molar-refractivity contribution is 6.13. The third-order valence-electron chi connectivity index (χ3n) is 4.64. The molecule has 0 aliphatic carbocycles. The van der Waals surface area contributed by atoms with Crippen molar-refractivity contribution in [2.45, 2.75) is 6.18 Å². The SMILES string of the molecule is CNc1nccc(Oc2ccc3c(C(=O)Nc4ccc(C(F)(F)F)cc4)cccc3c2)n1. The maximum absolute atomic E-state index is 12.8. The molecule has 0 saturated carbocycles. The van der Waals surface area contributed by atoms with Gasteiger partial charge in [0.2, 0.25) is 11.8 Å². The predicted octanol–water partition coefficient (Wildman–Crippen LogP) is 5.73. The van der Waals surface area contributed by atoms with E-state index >= 15 is 0 Å². The lowest BCUT2D eigenvalue weighted by Gasteiger charge is -2.11. The molecule has 6 nitrogen and oxygen atoms in total. The first-order valence-corrected chi connectivity index (χ1v) is 9.53. The number of rotatable bonds is 5. The Morgan fingerprint density at radius 2 is 1.78 bits per heavy atom. The number of aromatic nitrogens is 2. The Morgan fingerprint density at radius 3 is 2.50 bits per heavy atom. The number of hydrogen-bond donors (Lipinski definition) is 2. The Balaban J connectivity index is 1.56.